The van der Waals surface area contributed by atoms with Crippen LogP contribution in [0.5, 0.6) is 0 Å². The Morgan fingerprint density at radius 3 is 2.38 bits per heavy atom. The monoisotopic (exact) mass is 489 g/mol. The average molecular weight is 490 g/mol. The van der Waals surface area contributed by atoms with E-state index < -0.39 is 34.2 Å². The van der Waals surface area contributed by atoms with Gasteiger partial charge in [0, 0.05) is 0 Å². The van der Waals surface area contributed by atoms with Crippen molar-refractivity contribution in [2.24, 2.45) is 5.10 Å². The number of amides is 1. The Hall–Kier alpha value is -3.66. The number of nitrogens with one attached hydrogen (secondary N) is 1. The number of hydrogen-bond acceptors (Lipinski definition) is 4. The SMILES string of the molecule is Cc1ccc(C)c(N(CC(=O)NN=Cc2cccc(C(F)(F)F)c2)S(=O)(=O)c2ccccc2)c1. The third kappa shape index (κ3) is 6.02. The maximum absolute atomic E-state index is 13.4. The molecule has 0 heterocycles. The maximum atomic E-state index is 13.4. The van der Waals surface area contributed by atoms with Gasteiger partial charge in [0.2, 0.25) is 0 Å². The van der Waals surface area contributed by atoms with Crippen LogP contribution >= 0.6 is 0 Å². The third-order valence-corrected chi connectivity index (χ3v) is 6.64. The molecule has 0 saturated carbocycles. The maximum Gasteiger partial charge on any atom is 0.416 e. The van der Waals surface area contributed by atoms with E-state index in [1.165, 1.54) is 24.3 Å². The highest BCUT2D eigenvalue weighted by molar-refractivity contribution is 7.92. The summed E-state index contributed by atoms with van der Waals surface area (Å²) in [5, 5.41) is 3.69. The first-order valence-corrected chi connectivity index (χ1v) is 11.6. The van der Waals surface area contributed by atoms with Crippen LogP contribution in [0.2, 0.25) is 0 Å². The van der Waals surface area contributed by atoms with E-state index in [4.69, 9.17) is 0 Å². The fourth-order valence-electron chi connectivity index (χ4n) is 3.15. The number of carbonyl (C=O) groups excluding carboxylic acids is 1. The molecular weight excluding hydrogens is 467 g/mol. The second kappa shape index (κ2) is 10.1. The molecular formula is C24H22F3N3O3S. The van der Waals surface area contributed by atoms with Gasteiger partial charge in [-0.3, -0.25) is 9.10 Å². The van der Waals surface area contributed by atoms with Crippen molar-refractivity contribution in [2.75, 3.05) is 10.8 Å². The molecule has 0 saturated heterocycles. The lowest BCUT2D eigenvalue weighted by molar-refractivity contribution is -0.137. The first-order chi connectivity index (χ1) is 16.0. The molecule has 0 aliphatic rings. The molecule has 3 rings (SSSR count). The summed E-state index contributed by atoms with van der Waals surface area (Å²) in [5.41, 5.74) is 3.25. The minimum absolute atomic E-state index is 0.0103. The Balaban J connectivity index is 1.85. The number of alkyl halides is 3. The van der Waals surface area contributed by atoms with Gasteiger partial charge in [-0.15, -0.1) is 0 Å². The summed E-state index contributed by atoms with van der Waals surface area (Å²) in [6, 6.07) is 17.4. The van der Waals surface area contributed by atoms with E-state index in [0.29, 0.717) is 11.3 Å². The van der Waals surface area contributed by atoms with Gasteiger partial charge in [0.25, 0.3) is 15.9 Å². The highest BCUT2D eigenvalue weighted by Crippen LogP contribution is 2.29. The van der Waals surface area contributed by atoms with E-state index in [0.717, 1.165) is 28.2 Å². The summed E-state index contributed by atoms with van der Waals surface area (Å²) in [5.74, 6) is -0.761. The molecule has 0 aromatic heterocycles. The number of sulfonamides is 1. The van der Waals surface area contributed by atoms with Gasteiger partial charge >= 0.3 is 6.18 Å². The highest BCUT2D eigenvalue weighted by Gasteiger charge is 2.30. The fourth-order valence-corrected chi connectivity index (χ4v) is 4.65. The van der Waals surface area contributed by atoms with Crippen LogP contribution in [-0.4, -0.2) is 27.1 Å². The lowest BCUT2D eigenvalue weighted by Crippen LogP contribution is -2.40. The Bertz CT molecular complexity index is 1310. The molecule has 0 fully saturated rings. The number of anilines is 1. The molecule has 1 amide bonds. The van der Waals surface area contributed by atoms with Gasteiger partial charge in [0.05, 0.1) is 22.4 Å². The van der Waals surface area contributed by atoms with E-state index in [9.17, 15) is 26.4 Å². The molecule has 1 N–H and O–H groups in total. The van der Waals surface area contributed by atoms with Gasteiger partial charge in [-0.1, -0.05) is 42.5 Å². The third-order valence-electron chi connectivity index (χ3n) is 4.87. The minimum atomic E-state index is -4.51. The molecule has 0 unspecified atom stereocenters. The van der Waals surface area contributed by atoms with Crippen molar-refractivity contribution < 1.29 is 26.4 Å². The highest BCUT2D eigenvalue weighted by atomic mass is 32.2. The van der Waals surface area contributed by atoms with E-state index in [1.54, 1.807) is 44.2 Å². The number of rotatable bonds is 7. The van der Waals surface area contributed by atoms with Gasteiger partial charge < -0.3 is 0 Å². The summed E-state index contributed by atoms with van der Waals surface area (Å²) >= 11 is 0. The number of hydrazone groups is 1. The summed E-state index contributed by atoms with van der Waals surface area (Å²) in [6.07, 6.45) is -3.45. The predicted octanol–water partition coefficient (Wildman–Crippen LogP) is 4.67. The van der Waals surface area contributed by atoms with Crippen molar-refractivity contribution >= 4 is 27.8 Å². The van der Waals surface area contributed by atoms with Crippen molar-refractivity contribution in [1.82, 2.24) is 5.43 Å². The van der Waals surface area contributed by atoms with Crippen LogP contribution in [0.25, 0.3) is 0 Å². The lowest BCUT2D eigenvalue weighted by atomic mass is 10.1. The first kappa shape index (κ1) is 25.0. The largest absolute Gasteiger partial charge is 0.416 e. The molecule has 0 aliphatic carbocycles. The van der Waals surface area contributed by atoms with Crippen LogP contribution in [0.4, 0.5) is 18.9 Å². The van der Waals surface area contributed by atoms with Crippen LogP contribution < -0.4 is 9.73 Å². The van der Waals surface area contributed by atoms with Crippen molar-refractivity contribution in [3.63, 3.8) is 0 Å². The van der Waals surface area contributed by atoms with Crippen LogP contribution in [0, 0.1) is 13.8 Å². The Kier molecular flexibility index (Phi) is 7.41. The zero-order valence-electron chi connectivity index (χ0n) is 18.4. The smallest absolute Gasteiger partial charge is 0.271 e. The number of nitrogens with zero attached hydrogens (tertiary/aromatic N) is 2. The molecule has 0 radical (unpaired) electrons. The van der Waals surface area contributed by atoms with Crippen LogP contribution in [-0.2, 0) is 21.0 Å². The molecule has 34 heavy (non-hydrogen) atoms. The predicted molar refractivity (Wildman–Crippen MR) is 124 cm³/mol. The summed E-state index contributed by atoms with van der Waals surface area (Å²) in [6.45, 7) is 2.95. The van der Waals surface area contributed by atoms with E-state index in [1.807, 2.05) is 6.07 Å². The zero-order valence-corrected chi connectivity index (χ0v) is 19.2. The Labute approximate surface area is 195 Å². The van der Waals surface area contributed by atoms with E-state index in [2.05, 4.69) is 10.5 Å². The minimum Gasteiger partial charge on any atom is -0.271 e. The molecule has 178 valence electrons. The molecule has 0 aliphatic heterocycles. The average Bonchev–Trinajstić information content (AvgIpc) is 2.79. The standard InChI is InChI=1S/C24H22F3N3O3S/c1-17-11-12-18(2)22(13-17)30(34(32,33)21-9-4-3-5-10-21)16-23(31)29-28-15-19-7-6-8-20(14-19)24(25,26)27/h3-15H,16H2,1-2H3,(H,29,31). The quantitative estimate of drug-likeness (QED) is 0.387. The van der Waals surface area contributed by atoms with Crippen molar-refractivity contribution in [1.29, 1.82) is 0 Å². The second-order valence-corrected chi connectivity index (χ2v) is 9.39. The Morgan fingerprint density at radius 1 is 1.00 bits per heavy atom. The van der Waals surface area contributed by atoms with Crippen molar-refractivity contribution in [3.8, 4) is 0 Å². The topological polar surface area (TPSA) is 78.8 Å². The van der Waals surface area contributed by atoms with E-state index in [-0.39, 0.29) is 10.5 Å². The molecule has 3 aromatic rings. The van der Waals surface area contributed by atoms with Gasteiger partial charge in [-0.05, 0) is 60.9 Å². The van der Waals surface area contributed by atoms with Gasteiger partial charge in [0.1, 0.15) is 6.54 Å². The zero-order chi connectivity index (χ0) is 24.9. The van der Waals surface area contributed by atoms with Gasteiger partial charge in [0.15, 0.2) is 0 Å². The number of benzene rings is 3. The van der Waals surface area contributed by atoms with Crippen LogP contribution in [0.3, 0.4) is 0 Å². The fraction of sp³-hybridized carbons (Fsp3) is 0.167. The summed E-state index contributed by atoms with van der Waals surface area (Å²) < 4.78 is 66.3. The van der Waals surface area contributed by atoms with Crippen LogP contribution in [0.1, 0.15) is 22.3 Å². The molecule has 0 bridgehead atoms. The van der Waals surface area contributed by atoms with Gasteiger partial charge in [-0.2, -0.15) is 18.3 Å². The van der Waals surface area contributed by atoms with E-state index >= 15 is 0 Å². The first-order valence-electron chi connectivity index (χ1n) is 10.1. The molecule has 3 aromatic carbocycles. The molecule has 6 nitrogen and oxygen atoms in total. The number of carbonyl (C=O) groups is 1. The lowest BCUT2D eigenvalue weighted by Gasteiger charge is -2.25. The summed E-state index contributed by atoms with van der Waals surface area (Å²) in [7, 11) is -4.09. The Morgan fingerprint density at radius 2 is 1.71 bits per heavy atom. The van der Waals surface area contributed by atoms with Gasteiger partial charge in [-0.25, -0.2) is 13.8 Å². The number of aryl methyl sites for hydroxylation is 2. The number of halogens is 3. The molecule has 0 atom stereocenters. The second-order valence-electron chi connectivity index (χ2n) is 7.53. The van der Waals surface area contributed by atoms with Crippen LogP contribution in [0.15, 0.2) is 82.8 Å². The molecule has 10 heteroatoms. The van der Waals surface area contributed by atoms with Crippen molar-refractivity contribution in [3.05, 3.63) is 95.1 Å². The molecule has 0 spiro atoms. The van der Waals surface area contributed by atoms with Crippen molar-refractivity contribution in [2.45, 2.75) is 24.9 Å². The summed E-state index contributed by atoms with van der Waals surface area (Å²) in [4.78, 5) is 12.6. The normalized spacial score (nSPS) is 12.0. The number of hydrogen-bond donors (Lipinski definition) is 1.